The van der Waals surface area contributed by atoms with Gasteiger partial charge in [-0.15, -0.1) is 6.58 Å². The van der Waals surface area contributed by atoms with Gasteiger partial charge in [-0.1, -0.05) is 68.2 Å². The number of carbonyl (C=O) groups is 1. The molecule has 0 saturated heterocycles. The summed E-state index contributed by atoms with van der Waals surface area (Å²) in [4.78, 5) is 13.9. The van der Waals surface area contributed by atoms with E-state index in [2.05, 4.69) is 26.2 Å². The number of hydrogen-bond donors (Lipinski definition) is 0. The second-order valence-corrected chi connectivity index (χ2v) is 14.6. The lowest BCUT2D eigenvalue weighted by atomic mass is 9.82. The van der Waals surface area contributed by atoms with Gasteiger partial charge in [0, 0.05) is 11.8 Å². The highest BCUT2D eigenvalue weighted by molar-refractivity contribution is 7.04. The molecule has 5 nitrogen and oxygen atoms in total. The maximum Gasteiger partial charge on any atom is 0.231 e. The molecule has 4 rings (SSSR count). The van der Waals surface area contributed by atoms with Crippen LogP contribution in [0.25, 0.3) is 0 Å². The number of fused-ring (bicyclic) bond motifs is 1. The summed E-state index contributed by atoms with van der Waals surface area (Å²) >= 11 is 0. The molecule has 0 saturated carbocycles. The lowest BCUT2D eigenvalue weighted by molar-refractivity contribution is -0.114. The summed E-state index contributed by atoms with van der Waals surface area (Å²) < 4.78 is 22.8. The van der Waals surface area contributed by atoms with Crippen LogP contribution in [-0.4, -0.2) is 27.4 Å². The van der Waals surface area contributed by atoms with Gasteiger partial charge in [-0.2, -0.15) is 0 Å². The van der Waals surface area contributed by atoms with Crippen molar-refractivity contribution < 1.29 is 23.7 Å². The van der Waals surface area contributed by atoms with Gasteiger partial charge < -0.3 is 23.7 Å². The number of hydrogen-bond acceptors (Lipinski definition) is 5. The van der Waals surface area contributed by atoms with Crippen molar-refractivity contribution in [2.45, 2.75) is 38.1 Å². The molecule has 182 valence electrons. The van der Waals surface area contributed by atoms with Crippen LogP contribution in [0.5, 0.6) is 23.0 Å². The van der Waals surface area contributed by atoms with E-state index in [-0.39, 0.29) is 18.1 Å². The minimum absolute atomic E-state index is 0.205. The number of ether oxygens (including phenoxy) is 4. The van der Waals surface area contributed by atoms with Crippen molar-refractivity contribution in [3.63, 3.8) is 0 Å². The van der Waals surface area contributed by atoms with Gasteiger partial charge in [-0.05, 0) is 41.0 Å². The fourth-order valence-electron chi connectivity index (χ4n) is 4.31. The van der Waals surface area contributed by atoms with E-state index in [1.165, 1.54) is 0 Å². The predicted octanol–water partition coefficient (Wildman–Crippen LogP) is 6.50. The summed E-state index contributed by atoms with van der Waals surface area (Å²) in [6.07, 6.45) is 1.85. The van der Waals surface area contributed by atoms with Crippen LogP contribution in [0.1, 0.15) is 28.5 Å². The Morgan fingerprint density at radius 3 is 2.37 bits per heavy atom. The van der Waals surface area contributed by atoms with Crippen LogP contribution in [0.3, 0.4) is 0 Å². The third-order valence-corrected chi connectivity index (χ3v) is 7.99. The summed E-state index contributed by atoms with van der Waals surface area (Å²) in [5, 5.41) is 0.250. The summed E-state index contributed by atoms with van der Waals surface area (Å²) in [6.45, 7) is 11.0. The van der Waals surface area contributed by atoms with E-state index in [0.717, 1.165) is 16.7 Å². The molecule has 35 heavy (non-hydrogen) atoms. The molecule has 0 amide bonds. The Balaban J connectivity index is 1.70. The van der Waals surface area contributed by atoms with Crippen molar-refractivity contribution in [1.29, 1.82) is 0 Å². The number of rotatable bonds is 10. The molecule has 0 aliphatic carbocycles. The highest BCUT2D eigenvalue weighted by atomic mass is 28.3. The van der Waals surface area contributed by atoms with Crippen molar-refractivity contribution in [1.82, 2.24) is 0 Å². The molecule has 0 spiro atoms. The van der Waals surface area contributed by atoms with Gasteiger partial charge in [0.2, 0.25) is 6.79 Å². The van der Waals surface area contributed by atoms with Crippen LogP contribution >= 0.6 is 0 Å². The van der Waals surface area contributed by atoms with Gasteiger partial charge >= 0.3 is 0 Å². The molecule has 0 aromatic heterocycles. The van der Waals surface area contributed by atoms with Crippen LogP contribution in [0, 0.1) is 0 Å². The summed E-state index contributed by atoms with van der Waals surface area (Å²) in [7, 11) is -0.536. The predicted molar refractivity (Wildman–Crippen MR) is 140 cm³/mol. The smallest absolute Gasteiger partial charge is 0.231 e. The molecule has 2 atom stereocenters. The Morgan fingerprint density at radius 2 is 1.69 bits per heavy atom. The van der Waals surface area contributed by atoms with Gasteiger partial charge in [0.15, 0.2) is 23.0 Å². The fraction of sp³-hybridized carbons (Fsp3) is 0.276. The molecule has 6 heteroatoms. The Bertz CT molecular complexity index is 1200. The molecule has 0 bridgehead atoms. The Kier molecular flexibility index (Phi) is 7.31. The van der Waals surface area contributed by atoms with Gasteiger partial charge in [-0.25, -0.2) is 0 Å². The first-order valence-electron chi connectivity index (χ1n) is 11.7. The van der Waals surface area contributed by atoms with E-state index in [4.69, 9.17) is 18.9 Å². The minimum Gasteiger partial charge on any atom is -0.493 e. The Hall–Kier alpha value is -3.51. The fourth-order valence-corrected chi connectivity index (χ4v) is 5.58. The standard InChI is InChI=1S/C29H32O5Si/c1-6-23(21-12-14-25-27(16-21)34-19-33-25)28(29(30)35(3,4)5)22-13-15-24(26(17-22)31-2)32-18-20-10-8-7-9-11-20/h6-17,23,28H,1,18-19H2,2-5H3/t23-,28+/m1/s1. The summed E-state index contributed by atoms with van der Waals surface area (Å²) in [6, 6.07) is 21.6. The van der Waals surface area contributed by atoms with Gasteiger partial charge in [0.1, 0.15) is 20.1 Å². The Morgan fingerprint density at radius 1 is 0.971 bits per heavy atom. The van der Waals surface area contributed by atoms with Gasteiger partial charge in [-0.3, -0.25) is 0 Å². The highest BCUT2D eigenvalue weighted by Crippen LogP contribution is 2.43. The van der Waals surface area contributed by atoms with Crippen LogP contribution in [0.2, 0.25) is 19.6 Å². The zero-order valence-corrected chi connectivity index (χ0v) is 21.7. The third kappa shape index (κ3) is 5.43. The minimum atomic E-state index is -2.15. The molecule has 0 radical (unpaired) electrons. The molecule has 0 unspecified atom stereocenters. The largest absolute Gasteiger partial charge is 0.493 e. The van der Waals surface area contributed by atoms with E-state index in [1.54, 1.807) is 7.11 Å². The third-order valence-electron chi connectivity index (χ3n) is 6.20. The van der Waals surface area contributed by atoms with E-state index < -0.39 is 14.0 Å². The van der Waals surface area contributed by atoms with Crippen LogP contribution < -0.4 is 18.9 Å². The van der Waals surface area contributed by atoms with Crippen molar-refractivity contribution in [2.24, 2.45) is 0 Å². The average Bonchev–Trinajstić information content (AvgIpc) is 3.33. The van der Waals surface area contributed by atoms with Gasteiger partial charge in [0.25, 0.3) is 0 Å². The van der Waals surface area contributed by atoms with Crippen molar-refractivity contribution in [3.05, 3.63) is 96.1 Å². The van der Waals surface area contributed by atoms with E-state index in [0.29, 0.717) is 29.6 Å². The van der Waals surface area contributed by atoms with E-state index in [9.17, 15) is 4.79 Å². The maximum atomic E-state index is 13.9. The van der Waals surface area contributed by atoms with Crippen LogP contribution in [0.4, 0.5) is 0 Å². The lowest BCUT2D eigenvalue weighted by Gasteiger charge is -2.30. The summed E-state index contributed by atoms with van der Waals surface area (Å²) in [5.41, 5.74) is 2.91. The van der Waals surface area contributed by atoms with Crippen molar-refractivity contribution in [2.75, 3.05) is 13.9 Å². The quantitative estimate of drug-likeness (QED) is 0.241. The molecule has 1 heterocycles. The molecule has 0 fully saturated rings. The van der Waals surface area contributed by atoms with Gasteiger partial charge in [0.05, 0.1) is 7.11 Å². The molecule has 3 aromatic rings. The summed E-state index contributed by atoms with van der Waals surface area (Å²) in [5.74, 6) is 2.00. The molecular formula is C29H32O5Si. The molecule has 1 aliphatic heterocycles. The lowest BCUT2D eigenvalue weighted by Crippen LogP contribution is -2.39. The normalized spacial score (nSPS) is 14.2. The number of methoxy groups -OCH3 is 1. The molecule has 3 aromatic carbocycles. The SMILES string of the molecule is C=C[C@H](c1ccc2c(c1)OCO2)[C@@H](C(=O)[Si](C)(C)C)c1ccc(OCc2ccccc2)c(OC)c1. The molecule has 1 aliphatic rings. The first-order chi connectivity index (χ1) is 16.8. The zero-order valence-electron chi connectivity index (χ0n) is 20.7. The van der Waals surface area contributed by atoms with E-state index in [1.807, 2.05) is 72.8 Å². The Labute approximate surface area is 208 Å². The van der Waals surface area contributed by atoms with E-state index >= 15 is 0 Å². The highest BCUT2D eigenvalue weighted by Gasteiger charge is 2.37. The molecular weight excluding hydrogens is 456 g/mol. The van der Waals surface area contributed by atoms with Crippen molar-refractivity contribution >= 4 is 13.5 Å². The topological polar surface area (TPSA) is 54.0 Å². The van der Waals surface area contributed by atoms with Crippen LogP contribution in [0.15, 0.2) is 79.4 Å². The number of benzene rings is 3. The first kappa shape index (κ1) is 24.6. The second-order valence-electron chi connectivity index (χ2n) is 9.65. The second kappa shape index (κ2) is 10.4. The van der Waals surface area contributed by atoms with Crippen molar-refractivity contribution in [3.8, 4) is 23.0 Å². The zero-order chi connectivity index (χ0) is 25.0. The number of allylic oxidation sites excluding steroid dienone is 1. The molecule has 0 N–H and O–H groups in total. The first-order valence-corrected chi connectivity index (χ1v) is 15.2. The number of carbonyl (C=O) groups excluding carboxylic acids is 1. The maximum absolute atomic E-state index is 13.9. The monoisotopic (exact) mass is 488 g/mol. The average molecular weight is 489 g/mol. The van der Waals surface area contributed by atoms with Crippen LogP contribution in [-0.2, 0) is 11.4 Å².